The van der Waals surface area contributed by atoms with E-state index in [-0.39, 0.29) is 57.2 Å². The molecule has 18 nitrogen and oxygen atoms in total. The van der Waals surface area contributed by atoms with E-state index in [4.69, 9.17) is 14.2 Å². The average molecular weight is 1090 g/mol. The number of ether oxygens (including phenoxy) is 3. The molecule has 1 spiro atoms. The maximum atomic E-state index is 14.9. The van der Waals surface area contributed by atoms with Crippen molar-refractivity contribution in [1.82, 2.24) is 29.5 Å². The summed E-state index contributed by atoms with van der Waals surface area (Å²) >= 11 is 0. The number of nitrogens with zero attached hydrogens (tertiary/aromatic N) is 6. The molecule has 20 heteroatoms. The van der Waals surface area contributed by atoms with Crippen LogP contribution in [0.1, 0.15) is 117 Å². The molecule has 4 fully saturated rings. The Labute approximate surface area is 453 Å². The van der Waals surface area contributed by atoms with E-state index in [0.717, 1.165) is 108 Å². The zero-order chi connectivity index (χ0) is 54.5. The van der Waals surface area contributed by atoms with Crippen LogP contribution in [0.2, 0.25) is 0 Å². The molecular weight excluding hydrogens is 1020 g/mol. The lowest BCUT2D eigenvalue weighted by Gasteiger charge is -2.58. The van der Waals surface area contributed by atoms with Gasteiger partial charge < -0.3 is 34.5 Å². The molecule has 2 saturated carbocycles. The van der Waals surface area contributed by atoms with Crippen molar-refractivity contribution in [3.8, 4) is 23.1 Å². The number of anilines is 2. The van der Waals surface area contributed by atoms with Gasteiger partial charge in [0.25, 0.3) is 21.8 Å². The van der Waals surface area contributed by atoms with Gasteiger partial charge in [-0.05, 0) is 116 Å². The van der Waals surface area contributed by atoms with Gasteiger partial charge in [-0.1, -0.05) is 50.2 Å². The summed E-state index contributed by atoms with van der Waals surface area (Å²) in [4.78, 5) is 44.0. The second-order valence-electron chi connectivity index (χ2n) is 22.7. The summed E-state index contributed by atoms with van der Waals surface area (Å²) in [5, 5.41) is 25.7. The van der Waals surface area contributed by atoms with Crippen LogP contribution in [0.3, 0.4) is 0 Å². The minimum absolute atomic E-state index is 0.0124. The topological polar surface area (TPSA) is 218 Å². The fourth-order valence-electron chi connectivity index (χ4n) is 12.6. The molecule has 2 aliphatic carbocycles. The number of nitrogens with one attached hydrogen (secondary N) is 3. The van der Waals surface area contributed by atoms with E-state index >= 15 is 0 Å². The maximum Gasteiger partial charge on any atom is 0.312 e. The third kappa shape index (κ3) is 11.0. The molecule has 5 aliphatic rings. The number of sulfonamides is 1. The average Bonchev–Trinajstić information content (AvgIpc) is 4.17. The van der Waals surface area contributed by atoms with E-state index in [2.05, 4.69) is 96.0 Å². The molecule has 2 saturated heterocycles. The highest BCUT2D eigenvalue weighted by Crippen LogP contribution is 2.54. The van der Waals surface area contributed by atoms with Gasteiger partial charge in [0.15, 0.2) is 5.75 Å². The van der Waals surface area contributed by atoms with E-state index in [9.17, 15) is 32.8 Å². The lowest BCUT2D eigenvalue weighted by molar-refractivity contribution is -0.384. The molecule has 4 N–H and O–H groups in total. The zero-order valence-corrected chi connectivity index (χ0v) is 45.4. The minimum atomic E-state index is -4.74. The lowest BCUT2D eigenvalue weighted by atomic mass is 9.59. The van der Waals surface area contributed by atoms with Gasteiger partial charge in [-0.2, -0.15) is 4.98 Å². The summed E-state index contributed by atoms with van der Waals surface area (Å²) in [6, 6.07) is 23.5. The fraction of sp³-hybridized carbons (Fsp3) is 0.466. The molecule has 6 aromatic rings. The van der Waals surface area contributed by atoms with Crippen molar-refractivity contribution < 1.29 is 41.8 Å². The molecular formula is C58H68FN9O9S. The number of carbonyl (C=O) groups excluding carboxylic acids is 1. The molecule has 3 aromatic heterocycles. The van der Waals surface area contributed by atoms with Crippen molar-refractivity contribution in [3.63, 3.8) is 0 Å². The van der Waals surface area contributed by atoms with Gasteiger partial charge in [0, 0.05) is 94.4 Å². The van der Waals surface area contributed by atoms with Crippen molar-refractivity contribution in [2.75, 3.05) is 63.2 Å². The number of nitro groups is 1. The standard InChI is InChI=1S/C58H68FN9O9S/c1-36(2)43-7-5-6-8-44(43)49-35-65(34-38-9-12-50-39(25-38)15-24-76-50)22-23-67(49)41-29-58(30-41)18-20-66(21-19-58)40-10-11-45(51(26-40)77-52-28-46-47(59)33-62-53(46)63-56(52)75-4)55(69)64-78(73,74)42-27-48(68(71)72)54(61-32-42)60-31-37-13-16-57(3,70)17-14-37/h5-12,25-28,32-33,36-37,41,49,70H,13-24,29-31,34-35H2,1-4H3,(H,60,61)(H,62,63)(H,64,69)/t37?,49-,57?/m0/s1. The van der Waals surface area contributed by atoms with Gasteiger partial charge in [-0.15, -0.1) is 0 Å². The molecule has 3 aromatic carbocycles. The Kier molecular flexibility index (Phi) is 14.6. The fourth-order valence-corrected chi connectivity index (χ4v) is 13.5. The molecule has 412 valence electrons. The summed E-state index contributed by atoms with van der Waals surface area (Å²) in [7, 11) is -3.37. The highest BCUT2D eigenvalue weighted by atomic mass is 32.2. The molecule has 1 amide bonds. The number of pyridine rings is 2. The molecule has 78 heavy (non-hydrogen) atoms. The molecule has 0 radical (unpaired) electrons. The van der Waals surface area contributed by atoms with Gasteiger partial charge in [0.2, 0.25) is 5.82 Å². The third-order valence-corrected chi connectivity index (χ3v) is 18.4. The van der Waals surface area contributed by atoms with Crippen LogP contribution in [0.15, 0.2) is 90.1 Å². The largest absolute Gasteiger partial charge is 0.493 e. The predicted octanol–water partition coefficient (Wildman–Crippen LogP) is 9.64. The second-order valence-corrected chi connectivity index (χ2v) is 24.4. The van der Waals surface area contributed by atoms with Crippen LogP contribution in [-0.2, 0) is 23.0 Å². The first-order valence-corrected chi connectivity index (χ1v) is 28.7. The first kappa shape index (κ1) is 53.1. The molecule has 11 rings (SSSR count). The Morgan fingerprint density at radius 1 is 1.01 bits per heavy atom. The number of piperidine rings is 1. The summed E-state index contributed by atoms with van der Waals surface area (Å²) in [6.45, 7) is 12.7. The number of aliphatic hydroxyl groups is 1. The predicted molar refractivity (Wildman–Crippen MR) is 294 cm³/mol. The van der Waals surface area contributed by atoms with Gasteiger partial charge in [0.05, 0.1) is 41.4 Å². The molecule has 6 heterocycles. The Morgan fingerprint density at radius 3 is 2.55 bits per heavy atom. The van der Waals surface area contributed by atoms with Gasteiger partial charge in [0.1, 0.15) is 27.9 Å². The number of rotatable bonds is 16. The summed E-state index contributed by atoms with van der Waals surface area (Å²) in [6.07, 6.45) is 9.78. The monoisotopic (exact) mass is 1090 g/mol. The number of hydrogen-bond donors (Lipinski definition) is 4. The van der Waals surface area contributed by atoms with Crippen LogP contribution in [0.25, 0.3) is 11.0 Å². The van der Waals surface area contributed by atoms with Crippen LogP contribution in [0.4, 0.5) is 21.6 Å². The summed E-state index contributed by atoms with van der Waals surface area (Å²) in [5.41, 5.74) is 5.04. The Bertz CT molecular complexity index is 3350. The Hall–Kier alpha value is -6.87. The van der Waals surface area contributed by atoms with Crippen molar-refractivity contribution >= 4 is 44.2 Å². The summed E-state index contributed by atoms with van der Waals surface area (Å²) in [5.74, 6) is -0.332. The van der Waals surface area contributed by atoms with Crippen molar-refractivity contribution in [1.29, 1.82) is 0 Å². The number of halogens is 1. The number of H-pyrrole nitrogens is 1. The first-order chi connectivity index (χ1) is 37.4. The first-order valence-electron chi connectivity index (χ1n) is 27.2. The Balaban J connectivity index is 0.801. The number of methoxy groups -OCH3 is 1. The third-order valence-electron chi connectivity index (χ3n) is 17.1. The van der Waals surface area contributed by atoms with Gasteiger partial charge in [-0.25, -0.2) is 22.5 Å². The van der Waals surface area contributed by atoms with Crippen LogP contribution in [0.5, 0.6) is 23.1 Å². The van der Waals surface area contributed by atoms with Crippen molar-refractivity contribution in [2.24, 2.45) is 11.3 Å². The zero-order valence-electron chi connectivity index (χ0n) is 44.6. The number of aromatic amines is 1. The van der Waals surface area contributed by atoms with Gasteiger partial charge in [-0.3, -0.25) is 24.7 Å². The molecule has 0 unspecified atom stereocenters. The lowest BCUT2D eigenvalue weighted by Crippen LogP contribution is -2.60. The minimum Gasteiger partial charge on any atom is -0.493 e. The molecule has 1 atom stereocenters. The van der Waals surface area contributed by atoms with E-state index in [1.165, 1.54) is 41.5 Å². The highest BCUT2D eigenvalue weighted by Gasteiger charge is 2.50. The number of benzene rings is 3. The van der Waals surface area contributed by atoms with Crippen LogP contribution < -0.4 is 29.1 Å². The van der Waals surface area contributed by atoms with Crippen LogP contribution >= 0.6 is 0 Å². The van der Waals surface area contributed by atoms with E-state index in [1.54, 1.807) is 19.1 Å². The van der Waals surface area contributed by atoms with Crippen LogP contribution in [-0.4, -0.2) is 114 Å². The highest BCUT2D eigenvalue weighted by molar-refractivity contribution is 7.90. The molecule has 3 aliphatic heterocycles. The van der Waals surface area contributed by atoms with Gasteiger partial charge >= 0.3 is 5.69 Å². The quantitative estimate of drug-likeness (QED) is 0.0524. The van der Waals surface area contributed by atoms with E-state index in [0.29, 0.717) is 44.2 Å². The molecule has 0 bridgehead atoms. The number of aromatic nitrogens is 3. The smallest absolute Gasteiger partial charge is 0.312 e. The number of amides is 1. The number of piperazine rings is 1. The normalized spacial score (nSPS) is 21.8. The second kappa shape index (κ2) is 21.4. The maximum absolute atomic E-state index is 14.9. The van der Waals surface area contributed by atoms with E-state index in [1.807, 2.05) is 0 Å². The number of carbonyl (C=O) groups is 1. The van der Waals surface area contributed by atoms with E-state index < -0.39 is 42.9 Å². The van der Waals surface area contributed by atoms with Crippen LogP contribution in [0, 0.1) is 27.3 Å². The SMILES string of the molecule is COc1nc2[nH]cc(F)c2cc1Oc1cc(N2CCC3(CC2)CC(N2CCN(Cc4ccc5c(c4)CCO5)C[C@H]2c2ccccc2C(C)C)C3)ccc1C(=O)NS(=O)(=O)c1cnc(NCC2CCC(C)(O)CC2)c([N+](=O)[O-])c1. The number of fused-ring (bicyclic) bond motifs is 2. The number of hydrogen-bond acceptors (Lipinski definition) is 15. The van der Waals surface area contributed by atoms with Crippen molar-refractivity contribution in [2.45, 2.75) is 114 Å². The Morgan fingerprint density at radius 2 is 1.79 bits per heavy atom. The summed E-state index contributed by atoms with van der Waals surface area (Å²) < 4.78 is 62.5. The van der Waals surface area contributed by atoms with Crippen molar-refractivity contribution in [3.05, 3.63) is 129 Å².